The van der Waals surface area contributed by atoms with Gasteiger partial charge in [0.05, 0.1) is 24.1 Å². The average Bonchev–Trinajstić information content (AvgIpc) is 3.16. The highest BCUT2D eigenvalue weighted by Gasteiger charge is 2.42. The third-order valence-corrected chi connectivity index (χ3v) is 5.35. The molecule has 1 aliphatic heterocycles. The number of methoxy groups -OCH3 is 1. The predicted octanol–water partition coefficient (Wildman–Crippen LogP) is 2.33. The number of aromatic nitrogens is 2. The molecule has 0 radical (unpaired) electrons. The lowest BCUT2D eigenvalue weighted by Gasteiger charge is -2.41. The van der Waals surface area contributed by atoms with E-state index in [1.165, 1.54) is 47.2 Å². The molecule has 31 heavy (non-hydrogen) atoms. The van der Waals surface area contributed by atoms with Gasteiger partial charge in [-0.1, -0.05) is 0 Å². The van der Waals surface area contributed by atoms with E-state index in [1.807, 2.05) is 0 Å². The fraction of sp³-hybridized carbons (Fsp3) is 0.400. The van der Waals surface area contributed by atoms with Crippen molar-refractivity contribution < 1.29 is 23.8 Å². The van der Waals surface area contributed by atoms with E-state index >= 15 is 0 Å². The van der Waals surface area contributed by atoms with Gasteiger partial charge in [-0.25, -0.2) is 9.18 Å². The van der Waals surface area contributed by atoms with Gasteiger partial charge in [-0.3, -0.25) is 9.48 Å². The van der Waals surface area contributed by atoms with Gasteiger partial charge in [-0.05, 0) is 37.1 Å². The SMILES string of the molecule is COCCC1[C@@H](C#N)[C@@H](n2cc(C(N)=O)c(Nc3ccc(F)cc3)n2)CCN1C(=O)O. The van der Waals surface area contributed by atoms with Gasteiger partial charge >= 0.3 is 6.09 Å². The van der Waals surface area contributed by atoms with Crippen molar-refractivity contribution in [1.82, 2.24) is 14.7 Å². The minimum atomic E-state index is -1.10. The lowest BCUT2D eigenvalue weighted by atomic mass is 9.84. The first-order valence-electron chi connectivity index (χ1n) is 9.65. The molecule has 1 saturated heterocycles. The monoisotopic (exact) mass is 430 g/mol. The number of piperidine rings is 1. The lowest BCUT2D eigenvalue weighted by molar-refractivity contribution is 0.0495. The van der Waals surface area contributed by atoms with Crippen LogP contribution in [0.15, 0.2) is 30.5 Å². The molecule has 0 spiro atoms. The van der Waals surface area contributed by atoms with E-state index in [9.17, 15) is 24.3 Å². The highest BCUT2D eigenvalue weighted by molar-refractivity contribution is 5.98. The number of likely N-dealkylation sites (tertiary alicyclic amines) is 1. The van der Waals surface area contributed by atoms with Gasteiger partial charge in [0.1, 0.15) is 11.4 Å². The number of amides is 2. The van der Waals surface area contributed by atoms with Gasteiger partial charge in [-0.15, -0.1) is 0 Å². The number of nitriles is 1. The molecular weight excluding hydrogens is 407 g/mol. The Labute approximate surface area is 178 Å². The number of rotatable bonds is 7. The summed E-state index contributed by atoms with van der Waals surface area (Å²) in [6.07, 6.45) is 1.04. The molecule has 164 valence electrons. The molecule has 4 N–H and O–H groups in total. The van der Waals surface area contributed by atoms with Gasteiger partial charge in [-0.2, -0.15) is 10.4 Å². The van der Waals surface area contributed by atoms with Crippen LogP contribution in [0.3, 0.4) is 0 Å². The predicted molar refractivity (Wildman–Crippen MR) is 108 cm³/mol. The van der Waals surface area contributed by atoms with Gasteiger partial charge in [0, 0.05) is 32.1 Å². The number of hydrogen-bond donors (Lipinski definition) is 3. The zero-order chi connectivity index (χ0) is 22.5. The van der Waals surface area contributed by atoms with Crippen LogP contribution < -0.4 is 11.1 Å². The summed E-state index contributed by atoms with van der Waals surface area (Å²) >= 11 is 0. The Morgan fingerprint density at radius 2 is 2.13 bits per heavy atom. The maximum atomic E-state index is 13.2. The standard InChI is InChI=1S/C20H23FN6O4/c1-31-9-7-16-14(10-22)17(6-8-26(16)20(29)30)27-11-15(18(23)28)19(25-27)24-13-4-2-12(21)3-5-13/h2-5,11,14,16-17H,6-9H2,1H3,(H2,23,28)(H,24,25)(H,29,30)/t14-,16?,17+/m1/s1. The minimum Gasteiger partial charge on any atom is -0.465 e. The van der Waals surface area contributed by atoms with E-state index in [-0.39, 0.29) is 17.9 Å². The first-order valence-corrected chi connectivity index (χ1v) is 9.65. The summed E-state index contributed by atoms with van der Waals surface area (Å²) in [7, 11) is 1.51. The molecule has 1 aromatic heterocycles. The fourth-order valence-corrected chi connectivity index (χ4v) is 3.85. The van der Waals surface area contributed by atoms with Crippen molar-refractivity contribution >= 4 is 23.5 Å². The molecule has 1 aromatic carbocycles. The number of nitrogens with zero attached hydrogens (tertiary/aromatic N) is 4. The first-order chi connectivity index (χ1) is 14.8. The fourth-order valence-electron chi connectivity index (χ4n) is 3.85. The number of carboxylic acid groups (broad SMARTS) is 1. The number of nitrogens with two attached hydrogens (primary N) is 1. The molecule has 3 atom stereocenters. The van der Waals surface area contributed by atoms with Crippen LogP contribution in [0.2, 0.25) is 0 Å². The summed E-state index contributed by atoms with van der Waals surface area (Å²) in [5.74, 6) is -1.66. The summed E-state index contributed by atoms with van der Waals surface area (Å²) in [5, 5.41) is 26.7. The summed E-state index contributed by atoms with van der Waals surface area (Å²) in [4.78, 5) is 24.9. The van der Waals surface area contributed by atoms with Crippen LogP contribution in [0, 0.1) is 23.1 Å². The first kappa shape index (κ1) is 22.0. The number of primary amides is 1. The van der Waals surface area contributed by atoms with Gasteiger partial charge in [0.25, 0.3) is 5.91 Å². The maximum Gasteiger partial charge on any atom is 0.407 e. The van der Waals surface area contributed by atoms with Crippen LogP contribution in [0.4, 0.5) is 20.7 Å². The van der Waals surface area contributed by atoms with Crippen molar-refractivity contribution in [2.24, 2.45) is 11.7 Å². The van der Waals surface area contributed by atoms with E-state index in [1.54, 1.807) is 0 Å². The highest BCUT2D eigenvalue weighted by atomic mass is 19.1. The Morgan fingerprint density at radius 3 is 2.71 bits per heavy atom. The number of nitrogens with one attached hydrogen (secondary N) is 1. The lowest BCUT2D eigenvalue weighted by Crippen LogP contribution is -2.51. The van der Waals surface area contributed by atoms with Gasteiger partial charge in [0.15, 0.2) is 5.82 Å². The Hall–Kier alpha value is -3.65. The van der Waals surface area contributed by atoms with E-state index in [0.717, 1.165) is 0 Å². The Bertz CT molecular complexity index is 987. The molecule has 2 amide bonds. The van der Waals surface area contributed by atoms with Crippen molar-refractivity contribution in [3.8, 4) is 6.07 Å². The van der Waals surface area contributed by atoms with Crippen LogP contribution in [-0.2, 0) is 4.74 Å². The number of halogens is 1. The molecule has 1 unspecified atom stereocenters. The summed E-state index contributed by atoms with van der Waals surface area (Å²) in [6.45, 7) is 0.501. The molecular formula is C20H23FN6O4. The zero-order valence-electron chi connectivity index (χ0n) is 16.9. The quantitative estimate of drug-likeness (QED) is 0.611. The van der Waals surface area contributed by atoms with Crippen LogP contribution in [0.25, 0.3) is 0 Å². The number of anilines is 2. The second-order valence-electron chi connectivity index (χ2n) is 7.20. The summed E-state index contributed by atoms with van der Waals surface area (Å²) < 4.78 is 19.7. The molecule has 0 bridgehead atoms. The third-order valence-electron chi connectivity index (χ3n) is 5.35. The van der Waals surface area contributed by atoms with Crippen LogP contribution >= 0.6 is 0 Å². The number of ether oxygens (including phenoxy) is 1. The average molecular weight is 430 g/mol. The normalized spacial score (nSPS) is 20.8. The Balaban J connectivity index is 1.93. The van der Waals surface area contributed by atoms with Crippen molar-refractivity contribution in [1.29, 1.82) is 5.26 Å². The van der Waals surface area contributed by atoms with Crippen molar-refractivity contribution in [2.45, 2.75) is 24.9 Å². The van der Waals surface area contributed by atoms with E-state index in [2.05, 4.69) is 16.5 Å². The highest BCUT2D eigenvalue weighted by Crippen LogP contribution is 2.35. The topological polar surface area (TPSA) is 146 Å². The number of hydrogen-bond acceptors (Lipinski definition) is 6. The summed E-state index contributed by atoms with van der Waals surface area (Å²) in [5.41, 5.74) is 6.11. The number of carbonyl (C=O) groups is 2. The third kappa shape index (κ3) is 4.75. The molecule has 1 fully saturated rings. The number of carbonyl (C=O) groups excluding carboxylic acids is 1. The van der Waals surface area contributed by atoms with E-state index < -0.39 is 35.8 Å². The summed E-state index contributed by atoms with van der Waals surface area (Å²) in [6, 6.07) is 6.66. The second-order valence-corrected chi connectivity index (χ2v) is 7.20. The van der Waals surface area contributed by atoms with Crippen LogP contribution in [0.1, 0.15) is 29.2 Å². The molecule has 10 nitrogen and oxygen atoms in total. The minimum absolute atomic E-state index is 0.107. The number of benzene rings is 1. The van der Waals surface area contributed by atoms with E-state index in [0.29, 0.717) is 25.1 Å². The Morgan fingerprint density at radius 1 is 1.42 bits per heavy atom. The smallest absolute Gasteiger partial charge is 0.407 e. The van der Waals surface area contributed by atoms with Crippen molar-refractivity contribution in [2.75, 3.05) is 25.6 Å². The molecule has 11 heteroatoms. The van der Waals surface area contributed by atoms with Crippen molar-refractivity contribution in [3.05, 3.63) is 41.8 Å². The largest absolute Gasteiger partial charge is 0.465 e. The molecule has 3 rings (SSSR count). The van der Waals surface area contributed by atoms with Gasteiger partial charge in [0.2, 0.25) is 0 Å². The molecule has 1 aliphatic rings. The van der Waals surface area contributed by atoms with Crippen LogP contribution in [-0.4, -0.2) is 58.1 Å². The van der Waals surface area contributed by atoms with E-state index in [4.69, 9.17) is 10.5 Å². The second kappa shape index (κ2) is 9.44. The zero-order valence-corrected chi connectivity index (χ0v) is 16.9. The van der Waals surface area contributed by atoms with Gasteiger partial charge < -0.3 is 25.8 Å². The van der Waals surface area contributed by atoms with Crippen LogP contribution in [0.5, 0.6) is 0 Å². The molecule has 0 aliphatic carbocycles. The molecule has 2 heterocycles. The van der Waals surface area contributed by atoms with Crippen molar-refractivity contribution in [3.63, 3.8) is 0 Å². The molecule has 0 saturated carbocycles. The Kier molecular flexibility index (Phi) is 6.71. The maximum absolute atomic E-state index is 13.2. The molecule has 2 aromatic rings.